The molecule has 0 saturated carbocycles. The van der Waals surface area contributed by atoms with Crippen LogP contribution in [0, 0.1) is 5.92 Å². The van der Waals surface area contributed by atoms with Crippen molar-refractivity contribution in [3.63, 3.8) is 0 Å². The molecule has 0 bridgehead atoms. The third-order valence-electron chi connectivity index (χ3n) is 3.68. The van der Waals surface area contributed by atoms with E-state index >= 15 is 0 Å². The molecule has 1 N–H and O–H groups in total. The Morgan fingerprint density at radius 3 is 2.39 bits per heavy atom. The van der Waals surface area contributed by atoms with Crippen LogP contribution in [0.25, 0.3) is 0 Å². The van der Waals surface area contributed by atoms with Gasteiger partial charge in [0.15, 0.2) is 0 Å². The molecule has 104 valence electrons. The highest BCUT2D eigenvalue weighted by Gasteiger charge is 2.15. The van der Waals surface area contributed by atoms with Gasteiger partial charge in [0.1, 0.15) is 0 Å². The van der Waals surface area contributed by atoms with Gasteiger partial charge in [0.05, 0.1) is 11.7 Å². The summed E-state index contributed by atoms with van der Waals surface area (Å²) in [7, 11) is 0. The van der Waals surface area contributed by atoms with E-state index in [4.69, 9.17) is 5.10 Å². The van der Waals surface area contributed by atoms with Crippen LogP contribution in [0.3, 0.4) is 0 Å². The Balaban J connectivity index is 2.67. The molecule has 3 heteroatoms. The average molecular weight is 251 g/mol. The van der Waals surface area contributed by atoms with Gasteiger partial charge in [-0.25, -0.2) is 0 Å². The van der Waals surface area contributed by atoms with Gasteiger partial charge >= 0.3 is 0 Å². The largest absolute Gasteiger partial charge is 0.314 e. The second kappa shape index (κ2) is 7.57. The van der Waals surface area contributed by atoms with Gasteiger partial charge < -0.3 is 5.32 Å². The quantitative estimate of drug-likeness (QED) is 0.767. The Labute approximate surface area is 112 Å². The normalized spacial score (nSPS) is 13.5. The SMILES string of the molecule is CCNC(Cc1ccn(C(CC)CC)n1)C(C)C. The van der Waals surface area contributed by atoms with Crippen molar-refractivity contribution < 1.29 is 0 Å². The summed E-state index contributed by atoms with van der Waals surface area (Å²) in [5, 5.41) is 8.28. The Kier molecular flexibility index (Phi) is 6.41. The van der Waals surface area contributed by atoms with Gasteiger partial charge in [0.25, 0.3) is 0 Å². The molecule has 0 aliphatic heterocycles. The lowest BCUT2D eigenvalue weighted by Gasteiger charge is -2.20. The first kappa shape index (κ1) is 15.2. The van der Waals surface area contributed by atoms with Crippen molar-refractivity contribution in [2.24, 2.45) is 5.92 Å². The van der Waals surface area contributed by atoms with E-state index in [2.05, 4.69) is 56.9 Å². The zero-order valence-corrected chi connectivity index (χ0v) is 12.6. The van der Waals surface area contributed by atoms with Crippen molar-refractivity contribution in [2.45, 2.75) is 66.0 Å². The van der Waals surface area contributed by atoms with Crippen LogP contribution < -0.4 is 5.32 Å². The third-order valence-corrected chi connectivity index (χ3v) is 3.68. The predicted molar refractivity (Wildman–Crippen MR) is 77.9 cm³/mol. The van der Waals surface area contributed by atoms with Crippen LogP contribution in [0.15, 0.2) is 12.3 Å². The molecule has 3 nitrogen and oxygen atoms in total. The molecule has 1 aromatic heterocycles. The van der Waals surface area contributed by atoms with E-state index in [0.29, 0.717) is 18.0 Å². The summed E-state index contributed by atoms with van der Waals surface area (Å²) >= 11 is 0. The minimum atomic E-state index is 0.528. The minimum absolute atomic E-state index is 0.528. The number of nitrogens with zero attached hydrogens (tertiary/aromatic N) is 2. The van der Waals surface area contributed by atoms with E-state index in [9.17, 15) is 0 Å². The van der Waals surface area contributed by atoms with Crippen LogP contribution in [0.4, 0.5) is 0 Å². The number of rotatable bonds is 8. The van der Waals surface area contributed by atoms with E-state index in [-0.39, 0.29) is 0 Å². The molecule has 1 rings (SSSR count). The van der Waals surface area contributed by atoms with Gasteiger partial charge in [-0.05, 0) is 31.4 Å². The van der Waals surface area contributed by atoms with Crippen molar-refractivity contribution in [1.29, 1.82) is 0 Å². The Morgan fingerprint density at radius 1 is 1.22 bits per heavy atom. The smallest absolute Gasteiger partial charge is 0.0640 e. The monoisotopic (exact) mass is 251 g/mol. The summed E-state index contributed by atoms with van der Waals surface area (Å²) in [5.74, 6) is 0.642. The van der Waals surface area contributed by atoms with Gasteiger partial charge in [-0.3, -0.25) is 4.68 Å². The van der Waals surface area contributed by atoms with Crippen molar-refractivity contribution in [2.75, 3.05) is 6.54 Å². The van der Waals surface area contributed by atoms with Crippen LogP contribution >= 0.6 is 0 Å². The molecule has 0 aromatic carbocycles. The molecule has 0 amide bonds. The first-order chi connectivity index (χ1) is 8.62. The van der Waals surface area contributed by atoms with Crippen molar-refractivity contribution >= 4 is 0 Å². The van der Waals surface area contributed by atoms with Gasteiger partial charge in [-0.15, -0.1) is 0 Å². The van der Waals surface area contributed by atoms with E-state index in [1.807, 2.05) is 0 Å². The fourth-order valence-electron chi connectivity index (χ4n) is 2.38. The van der Waals surface area contributed by atoms with Gasteiger partial charge in [-0.2, -0.15) is 5.10 Å². The van der Waals surface area contributed by atoms with Gasteiger partial charge in [0, 0.05) is 18.7 Å². The summed E-state index contributed by atoms with van der Waals surface area (Å²) < 4.78 is 2.14. The molecule has 0 aliphatic carbocycles. The first-order valence-electron chi connectivity index (χ1n) is 7.39. The molecule has 1 atom stereocenters. The first-order valence-corrected chi connectivity index (χ1v) is 7.39. The maximum absolute atomic E-state index is 4.73. The molecular weight excluding hydrogens is 222 g/mol. The molecule has 1 heterocycles. The highest BCUT2D eigenvalue weighted by atomic mass is 15.3. The zero-order valence-electron chi connectivity index (χ0n) is 12.6. The van der Waals surface area contributed by atoms with Crippen LogP contribution in [-0.4, -0.2) is 22.4 Å². The minimum Gasteiger partial charge on any atom is -0.314 e. The summed E-state index contributed by atoms with van der Waals surface area (Å²) in [4.78, 5) is 0. The number of hydrogen-bond donors (Lipinski definition) is 1. The van der Waals surface area contributed by atoms with Gasteiger partial charge in [0.2, 0.25) is 0 Å². The standard InChI is InChI=1S/C15H29N3/c1-6-14(7-2)18-10-9-13(17-18)11-15(12(4)5)16-8-3/h9-10,12,14-16H,6-8,11H2,1-5H3. The summed E-state index contributed by atoms with van der Waals surface area (Å²) in [6.07, 6.45) is 5.46. The predicted octanol–water partition coefficient (Wildman–Crippen LogP) is 3.42. The number of likely N-dealkylation sites (N-methyl/N-ethyl adjacent to an activating group) is 1. The molecule has 0 fully saturated rings. The van der Waals surface area contributed by atoms with Crippen LogP contribution in [-0.2, 0) is 6.42 Å². The van der Waals surface area contributed by atoms with Crippen molar-refractivity contribution in [3.05, 3.63) is 18.0 Å². The Morgan fingerprint density at radius 2 is 1.89 bits per heavy atom. The second-order valence-electron chi connectivity index (χ2n) is 5.37. The molecule has 0 saturated heterocycles. The van der Waals surface area contributed by atoms with E-state index < -0.39 is 0 Å². The van der Waals surface area contributed by atoms with E-state index in [0.717, 1.165) is 25.8 Å². The van der Waals surface area contributed by atoms with Gasteiger partial charge in [-0.1, -0.05) is 34.6 Å². The fourth-order valence-corrected chi connectivity index (χ4v) is 2.38. The molecule has 0 radical (unpaired) electrons. The maximum atomic E-state index is 4.73. The molecule has 0 spiro atoms. The molecule has 0 aliphatic rings. The second-order valence-corrected chi connectivity index (χ2v) is 5.37. The average Bonchev–Trinajstić information content (AvgIpc) is 2.78. The molecule has 1 unspecified atom stereocenters. The maximum Gasteiger partial charge on any atom is 0.0640 e. The summed E-state index contributed by atoms with van der Waals surface area (Å²) in [6, 6.07) is 3.25. The van der Waals surface area contributed by atoms with E-state index in [1.165, 1.54) is 5.69 Å². The third kappa shape index (κ3) is 4.13. The zero-order chi connectivity index (χ0) is 13.5. The van der Waals surface area contributed by atoms with E-state index in [1.54, 1.807) is 0 Å². The Bertz CT molecular complexity index is 326. The van der Waals surface area contributed by atoms with Crippen LogP contribution in [0.2, 0.25) is 0 Å². The molecule has 1 aromatic rings. The lowest BCUT2D eigenvalue weighted by molar-refractivity contribution is 0.392. The highest BCUT2D eigenvalue weighted by molar-refractivity contribution is 5.02. The lowest BCUT2D eigenvalue weighted by Crippen LogP contribution is -2.35. The summed E-state index contributed by atoms with van der Waals surface area (Å²) in [6.45, 7) is 12.2. The molecule has 18 heavy (non-hydrogen) atoms. The fraction of sp³-hybridized carbons (Fsp3) is 0.800. The van der Waals surface area contributed by atoms with Crippen molar-refractivity contribution in [1.82, 2.24) is 15.1 Å². The number of aromatic nitrogens is 2. The number of nitrogens with one attached hydrogen (secondary N) is 1. The van der Waals surface area contributed by atoms with Crippen LogP contribution in [0.1, 0.15) is 59.2 Å². The lowest BCUT2D eigenvalue weighted by atomic mass is 9.99. The van der Waals surface area contributed by atoms with Crippen LogP contribution in [0.5, 0.6) is 0 Å². The topological polar surface area (TPSA) is 29.9 Å². The summed E-state index contributed by atoms with van der Waals surface area (Å²) in [5.41, 5.74) is 1.21. The Hall–Kier alpha value is -0.830. The molecular formula is C15H29N3. The van der Waals surface area contributed by atoms with Crippen molar-refractivity contribution in [3.8, 4) is 0 Å². The number of hydrogen-bond acceptors (Lipinski definition) is 2. The highest BCUT2D eigenvalue weighted by Crippen LogP contribution is 2.16.